The second-order valence-corrected chi connectivity index (χ2v) is 14.2. The molecule has 0 spiro atoms. The number of fused-ring (bicyclic) bond motifs is 1. The summed E-state index contributed by atoms with van der Waals surface area (Å²) >= 11 is 13.1. The number of amides is 1. The van der Waals surface area contributed by atoms with E-state index in [1.807, 2.05) is 18.2 Å². The van der Waals surface area contributed by atoms with Crippen molar-refractivity contribution in [3.63, 3.8) is 0 Å². The second-order valence-electron chi connectivity index (χ2n) is 10.2. The maximum atomic E-state index is 13.3. The summed E-state index contributed by atoms with van der Waals surface area (Å²) in [6.07, 6.45) is 0.527. The molecule has 210 valence electrons. The number of hydrogen-bond acceptors (Lipinski definition) is 6. The predicted molar refractivity (Wildman–Crippen MR) is 157 cm³/mol. The van der Waals surface area contributed by atoms with E-state index in [4.69, 9.17) is 27.9 Å². The SMILES string of the molecule is CC(C)CN(C)Cc1ccc2c(c1)OCCC2NC(=O)CC(NS(=O)(=O)c1cc(Cl)sc1Cl)c1ccccc1. The highest BCUT2D eigenvalue weighted by atomic mass is 35.5. The van der Waals surface area contributed by atoms with Gasteiger partial charge in [0, 0.05) is 31.5 Å². The van der Waals surface area contributed by atoms with E-state index in [2.05, 4.69) is 41.9 Å². The molecule has 11 heteroatoms. The normalized spacial score (nSPS) is 16.1. The Hall–Kier alpha value is -2.14. The van der Waals surface area contributed by atoms with Crippen molar-refractivity contribution in [3.05, 3.63) is 80.0 Å². The van der Waals surface area contributed by atoms with Gasteiger partial charge in [-0.05, 0) is 36.2 Å². The zero-order chi connectivity index (χ0) is 28.2. The molecule has 0 bridgehead atoms. The molecule has 3 aromatic rings. The summed E-state index contributed by atoms with van der Waals surface area (Å²) in [6.45, 7) is 6.67. The van der Waals surface area contributed by atoms with Crippen LogP contribution in [-0.2, 0) is 21.4 Å². The molecule has 2 heterocycles. The lowest BCUT2D eigenvalue weighted by Gasteiger charge is -2.28. The smallest absolute Gasteiger partial charge is 0.243 e. The van der Waals surface area contributed by atoms with Crippen molar-refractivity contribution in [2.75, 3.05) is 20.2 Å². The largest absolute Gasteiger partial charge is 0.493 e. The van der Waals surface area contributed by atoms with Crippen molar-refractivity contribution >= 4 is 50.5 Å². The van der Waals surface area contributed by atoms with Crippen LogP contribution in [0, 0.1) is 5.92 Å². The molecule has 0 saturated heterocycles. The summed E-state index contributed by atoms with van der Waals surface area (Å²) in [6, 6.07) is 15.4. The first-order valence-electron chi connectivity index (χ1n) is 12.8. The minimum absolute atomic E-state index is 0.0670. The van der Waals surface area contributed by atoms with Crippen LogP contribution in [-0.4, -0.2) is 39.4 Å². The van der Waals surface area contributed by atoms with Crippen LogP contribution < -0.4 is 14.8 Å². The summed E-state index contributed by atoms with van der Waals surface area (Å²) in [5.41, 5.74) is 2.73. The van der Waals surface area contributed by atoms with E-state index in [0.29, 0.717) is 24.5 Å². The van der Waals surface area contributed by atoms with E-state index < -0.39 is 16.1 Å². The Morgan fingerprint density at radius 1 is 1.15 bits per heavy atom. The number of nitrogens with zero attached hydrogens (tertiary/aromatic N) is 1. The highest BCUT2D eigenvalue weighted by Crippen LogP contribution is 2.36. The Morgan fingerprint density at radius 3 is 2.56 bits per heavy atom. The molecular weight excluding hydrogens is 577 g/mol. The monoisotopic (exact) mass is 609 g/mol. The van der Waals surface area contributed by atoms with Gasteiger partial charge in [0.15, 0.2) is 0 Å². The minimum atomic E-state index is -4.03. The summed E-state index contributed by atoms with van der Waals surface area (Å²) in [7, 11) is -1.93. The van der Waals surface area contributed by atoms with Crippen LogP contribution in [0.25, 0.3) is 0 Å². The summed E-state index contributed by atoms with van der Waals surface area (Å²) in [4.78, 5) is 15.4. The van der Waals surface area contributed by atoms with Gasteiger partial charge in [-0.1, -0.05) is 79.5 Å². The van der Waals surface area contributed by atoms with E-state index >= 15 is 0 Å². The van der Waals surface area contributed by atoms with Crippen LogP contribution in [0.4, 0.5) is 0 Å². The van der Waals surface area contributed by atoms with E-state index in [0.717, 1.165) is 41.3 Å². The Morgan fingerprint density at radius 2 is 1.90 bits per heavy atom. The molecule has 1 aliphatic rings. The Balaban J connectivity index is 1.48. The van der Waals surface area contributed by atoms with E-state index in [9.17, 15) is 13.2 Å². The van der Waals surface area contributed by atoms with Gasteiger partial charge in [0.25, 0.3) is 0 Å². The van der Waals surface area contributed by atoms with Gasteiger partial charge < -0.3 is 15.0 Å². The van der Waals surface area contributed by atoms with Crippen molar-refractivity contribution in [3.8, 4) is 5.75 Å². The lowest BCUT2D eigenvalue weighted by molar-refractivity contribution is -0.122. The molecule has 2 N–H and O–H groups in total. The molecule has 7 nitrogen and oxygen atoms in total. The third kappa shape index (κ3) is 7.96. The number of sulfonamides is 1. The first-order chi connectivity index (χ1) is 18.5. The molecule has 0 fully saturated rings. The zero-order valence-corrected chi connectivity index (χ0v) is 25.3. The number of nitrogens with one attached hydrogen (secondary N) is 2. The number of carbonyl (C=O) groups excluding carboxylic acids is 1. The molecule has 4 rings (SSSR count). The first-order valence-corrected chi connectivity index (χ1v) is 15.8. The highest BCUT2D eigenvalue weighted by Gasteiger charge is 2.29. The van der Waals surface area contributed by atoms with Crippen LogP contribution in [0.5, 0.6) is 5.75 Å². The van der Waals surface area contributed by atoms with Crippen LogP contribution in [0.15, 0.2) is 59.5 Å². The molecule has 39 heavy (non-hydrogen) atoms. The van der Waals surface area contributed by atoms with Gasteiger partial charge in [-0.3, -0.25) is 4.79 Å². The van der Waals surface area contributed by atoms with Crippen molar-refractivity contribution in [2.24, 2.45) is 5.92 Å². The van der Waals surface area contributed by atoms with Crippen molar-refractivity contribution < 1.29 is 17.9 Å². The molecule has 0 radical (unpaired) electrons. The van der Waals surface area contributed by atoms with Crippen molar-refractivity contribution in [2.45, 2.75) is 50.2 Å². The lowest BCUT2D eigenvalue weighted by atomic mass is 9.97. The minimum Gasteiger partial charge on any atom is -0.493 e. The number of halogens is 2. The fraction of sp³-hybridized carbons (Fsp3) is 0.393. The third-order valence-corrected chi connectivity index (χ3v) is 9.61. The van der Waals surface area contributed by atoms with E-state index in [-0.39, 0.29) is 31.9 Å². The Labute approximate surface area is 244 Å². The molecular formula is C28H33Cl2N3O4S2. The predicted octanol–water partition coefficient (Wildman–Crippen LogP) is 6.19. The van der Waals surface area contributed by atoms with Crippen LogP contribution in [0.1, 0.15) is 55.5 Å². The Kier molecular flexibility index (Phi) is 9.96. The third-order valence-electron chi connectivity index (χ3n) is 6.39. The van der Waals surface area contributed by atoms with Crippen LogP contribution >= 0.6 is 34.5 Å². The average Bonchev–Trinajstić information content (AvgIpc) is 3.22. The molecule has 1 aromatic heterocycles. The number of thiophene rings is 1. The maximum Gasteiger partial charge on any atom is 0.243 e. The molecule has 2 atom stereocenters. The van der Waals surface area contributed by atoms with Gasteiger partial charge in [-0.25, -0.2) is 13.1 Å². The van der Waals surface area contributed by atoms with E-state index in [1.165, 1.54) is 6.07 Å². The van der Waals surface area contributed by atoms with Crippen molar-refractivity contribution in [1.29, 1.82) is 0 Å². The number of rotatable bonds is 11. The average molecular weight is 611 g/mol. The van der Waals surface area contributed by atoms with E-state index in [1.54, 1.807) is 24.3 Å². The molecule has 2 aromatic carbocycles. The topological polar surface area (TPSA) is 87.7 Å². The maximum absolute atomic E-state index is 13.3. The summed E-state index contributed by atoms with van der Waals surface area (Å²) in [5, 5.41) is 3.09. The second kappa shape index (κ2) is 13.0. The van der Waals surface area contributed by atoms with Crippen LogP contribution in [0.2, 0.25) is 8.67 Å². The van der Waals surface area contributed by atoms with Gasteiger partial charge in [-0.15, -0.1) is 11.3 Å². The lowest BCUT2D eigenvalue weighted by Crippen LogP contribution is -2.36. The molecule has 1 aliphatic heterocycles. The van der Waals surface area contributed by atoms with Gasteiger partial charge >= 0.3 is 0 Å². The quantitative estimate of drug-likeness (QED) is 0.270. The summed E-state index contributed by atoms with van der Waals surface area (Å²) < 4.78 is 35.2. The number of benzene rings is 2. The number of carbonyl (C=O) groups is 1. The van der Waals surface area contributed by atoms with Gasteiger partial charge in [0.05, 0.1) is 23.0 Å². The fourth-order valence-electron chi connectivity index (χ4n) is 4.79. The molecule has 2 unspecified atom stereocenters. The van der Waals surface area contributed by atoms with Gasteiger partial charge in [-0.2, -0.15) is 0 Å². The van der Waals surface area contributed by atoms with Gasteiger partial charge in [0.2, 0.25) is 15.9 Å². The number of ether oxygens (including phenoxy) is 1. The fourth-order valence-corrected chi connectivity index (χ4v) is 8.17. The number of hydrogen-bond donors (Lipinski definition) is 2. The standard InChI is InChI=1S/C28H33Cl2N3O4S2/c1-18(2)16-33(3)17-19-9-10-21-22(11-12-37-24(21)13-19)31-27(34)14-23(20-7-5-4-6-8-20)32-39(35,36)25-15-26(29)38-28(25)30/h4-10,13,15,18,22-23,32H,11-12,14,16-17H2,1-3H3,(H,31,34). The zero-order valence-electron chi connectivity index (χ0n) is 22.1. The Bertz CT molecular complexity index is 1400. The highest BCUT2D eigenvalue weighted by molar-refractivity contribution is 7.89. The van der Waals surface area contributed by atoms with Crippen molar-refractivity contribution in [1.82, 2.24) is 14.9 Å². The van der Waals surface area contributed by atoms with Gasteiger partial charge in [0.1, 0.15) is 15.0 Å². The summed E-state index contributed by atoms with van der Waals surface area (Å²) in [5.74, 6) is 1.07. The van der Waals surface area contributed by atoms with Crippen LogP contribution in [0.3, 0.4) is 0 Å². The molecule has 0 aliphatic carbocycles. The molecule has 1 amide bonds. The first kappa shape index (κ1) is 29.8. The molecule has 0 saturated carbocycles.